The number of carboxylic acid groups (broad SMARTS) is 2. The normalized spacial score (nSPS) is 22.3. The molecule has 2 aromatic rings. The summed E-state index contributed by atoms with van der Waals surface area (Å²) in [6.07, 6.45) is 0.786. The summed E-state index contributed by atoms with van der Waals surface area (Å²) in [5.74, 6) is -4.50. The number of aromatic carboxylic acids is 2. The predicted molar refractivity (Wildman–Crippen MR) is 123 cm³/mol. The van der Waals surface area contributed by atoms with Crippen molar-refractivity contribution in [2.24, 2.45) is 0 Å². The highest BCUT2D eigenvalue weighted by Crippen LogP contribution is 2.46. The second-order valence-corrected chi connectivity index (χ2v) is 8.17. The van der Waals surface area contributed by atoms with Crippen molar-refractivity contribution in [3.8, 4) is 11.5 Å². The monoisotopic (exact) mass is 494 g/mol. The Hall–Kier alpha value is -4.28. The Bertz CT molecular complexity index is 1170. The highest BCUT2D eigenvalue weighted by Gasteiger charge is 2.50. The van der Waals surface area contributed by atoms with Crippen LogP contribution >= 0.6 is 0 Å². The molecule has 0 bridgehead atoms. The van der Waals surface area contributed by atoms with Crippen molar-refractivity contribution in [3.63, 3.8) is 0 Å². The second-order valence-electron chi connectivity index (χ2n) is 8.17. The van der Waals surface area contributed by atoms with Crippen LogP contribution in [0.3, 0.4) is 0 Å². The standard InChI is InChI=1S/C26H22O10/c1-3-21(27)35-13-5-7-15(25(29)30)17(9-13)19-11-33-24-20(12-34-23(19)24)18-10-14(36-22(28)4-2)6-8-16(18)26(31)32/h3-10,19-20,23-24H,1-2,11-12H2,(H,29,30)(H,31,32)/t19-,20-,23-,24-/m0/s1. The smallest absolute Gasteiger partial charge is 0.335 e. The van der Waals surface area contributed by atoms with Crippen molar-refractivity contribution < 1.29 is 48.3 Å². The molecule has 4 atom stereocenters. The third kappa shape index (κ3) is 4.77. The highest BCUT2D eigenvalue weighted by molar-refractivity contribution is 5.91. The molecule has 2 aliphatic heterocycles. The molecule has 2 heterocycles. The van der Waals surface area contributed by atoms with Gasteiger partial charge in [-0.2, -0.15) is 0 Å². The molecular weight excluding hydrogens is 472 g/mol. The van der Waals surface area contributed by atoms with Gasteiger partial charge in [-0.05, 0) is 47.5 Å². The van der Waals surface area contributed by atoms with E-state index in [2.05, 4.69) is 13.2 Å². The zero-order chi connectivity index (χ0) is 26.0. The van der Waals surface area contributed by atoms with E-state index in [9.17, 15) is 29.4 Å². The molecule has 0 aliphatic carbocycles. The molecule has 0 spiro atoms. The van der Waals surface area contributed by atoms with Gasteiger partial charge < -0.3 is 29.2 Å². The first-order chi connectivity index (χ1) is 17.2. The van der Waals surface area contributed by atoms with E-state index >= 15 is 0 Å². The van der Waals surface area contributed by atoms with Crippen molar-refractivity contribution in [1.82, 2.24) is 0 Å². The molecule has 0 amide bonds. The van der Waals surface area contributed by atoms with Crippen LogP contribution in [0.15, 0.2) is 61.7 Å². The average Bonchev–Trinajstić information content (AvgIpc) is 3.45. The lowest BCUT2D eigenvalue weighted by atomic mass is 9.85. The molecule has 0 saturated carbocycles. The van der Waals surface area contributed by atoms with Gasteiger partial charge in [0.25, 0.3) is 0 Å². The Morgan fingerprint density at radius 3 is 1.47 bits per heavy atom. The fraction of sp³-hybridized carbons (Fsp3) is 0.231. The minimum absolute atomic E-state index is 0.000683. The van der Waals surface area contributed by atoms with Crippen LogP contribution in [0, 0.1) is 0 Å². The maximum Gasteiger partial charge on any atom is 0.335 e. The maximum absolute atomic E-state index is 11.9. The minimum Gasteiger partial charge on any atom is -0.478 e. The average molecular weight is 494 g/mol. The summed E-state index contributed by atoms with van der Waals surface area (Å²) in [4.78, 5) is 47.0. The Morgan fingerprint density at radius 2 is 1.14 bits per heavy atom. The molecule has 0 radical (unpaired) electrons. The molecule has 2 aliphatic rings. The first-order valence-corrected chi connectivity index (χ1v) is 10.9. The lowest BCUT2D eigenvalue weighted by Crippen LogP contribution is -2.26. The van der Waals surface area contributed by atoms with Crippen LogP contribution in [0.1, 0.15) is 43.7 Å². The first-order valence-electron chi connectivity index (χ1n) is 10.9. The summed E-state index contributed by atoms with van der Waals surface area (Å²) in [6.45, 7) is 6.88. The number of hydrogen-bond acceptors (Lipinski definition) is 8. The van der Waals surface area contributed by atoms with Crippen molar-refractivity contribution in [2.75, 3.05) is 13.2 Å². The van der Waals surface area contributed by atoms with Gasteiger partial charge in [0, 0.05) is 24.0 Å². The first kappa shape index (κ1) is 24.8. The van der Waals surface area contributed by atoms with Gasteiger partial charge in [-0.15, -0.1) is 0 Å². The largest absolute Gasteiger partial charge is 0.478 e. The number of carboxylic acids is 2. The van der Waals surface area contributed by atoms with Gasteiger partial charge in [-0.1, -0.05) is 13.2 Å². The van der Waals surface area contributed by atoms with Crippen molar-refractivity contribution in [2.45, 2.75) is 24.0 Å². The van der Waals surface area contributed by atoms with E-state index in [1.165, 1.54) is 36.4 Å². The highest BCUT2D eigenvalue weighted by atomic mass is 16.6. The SMILES string of the molecule is C=CC(=O)Oc1ccc(C(=O)O)c([C@@H]2CO[C@@H]3[C@H]2OC[C@H]3c2cc(OC(=O)C=C)ccc2C(=O)O)c1. The third-order valence-electron chi connectivity index (χ3n) is 6.13. The molecule has 2 saturated heterocycles. The molecule has 2 N–H and O–H groups in total. The molecular formula is C26H22O10. The van der Waals surface area contributed by atoms with Gasteiger partial charge in [-0.3, -0.25) is 0 Å². The zero-order valence-corrected chi connectivity index (χ0v) is 18.9. The van der Waals surface area contributed by atoms with Crippen LogP contribution in [0.25, 0.3) is 0 Å². The van der Waals surface area contributed by atoms with Gasteiger partial charge in [-0.25, -0.2) is 19.2 Å². The van der Waals surface area contributed by atoms with E-state index in [1.807, 2.05) is 0 Å². The van der Waals surface area contributed by atoms with E-state index in [0.29, 0.717) is 11.1 Å². The number of benzene rings is 2. The lowest BCUT2D eigenvalue weighted by Gasteiger charge is -2.20. The molecule has 2 fully saturated rings. The molecule has 0 unspecified atom stereocenters. The summed E-state index contributed by atoms with van der Waals surface area (Å²) in [5, 5.41) is 19.4. The summed E-state index contributed by atoms with van der Waals surface area (Å²) in [6, 6.07) is 8.32. The Labute approximate surface area is 205 Å². The number of carbonyl (C=O) groups is 4. The van der Waals surface area contributed by atoms with Gasteiger partial charge in [0.1, 0.15) is 11.5 Å². The Morgan fingerprint density at radius 1 is 0.750 bits per heavy atom. The van der Waals surface area contributed by atoms with E-state index in [4.69, 9.17) is 18.9 Å². The zero-order valence-electron chi connectivity index (χ0n) is 18.9. The number of hydrogen-bond donors (Lipinski definition) is 2. The quantitative estimate of drug-likeness (QED) is 0.319. The summed E-state index contributed by atoms with van der Waals surface area (Å²) < 4.78 is 22.3. The molecule has 36 heavy (non-hydrogen) atoms. The van der Waals surface area contributed by atoms with Gasteiger partial charge in [0.2, 0.25) is 0 Å². The molecule has 0 aromatic heterocycles. The van der Waals surface area contributed by atoms with Crippen molar-refractivity contribution >= 4 is 23.9 Å². The van der Waals surface area contributed by atoms with Crippen molar-refractivity contribution in [1.29, 1.82) is 0 Å². The second kappa shape index (κ2) is 10.1. The van der Waals surface area contributed by atoms with Crippen LogP contribution in [0.4, 0.5) is 0 Å². The van der Waals surface area contributed by atoms with Gasteiger partial charge >= 0.3 is 23.9 Å². The number of carbonyl (C=O) groups excluding carboxylic acids is 2. The maximum atomic E-state index is 11.9. The Kier molecular flexibility index (Phi) is 7.00. The van der Waals surface area contributed by atoms with Crippen LogP contribution in [-0.4, -0.2) is 59.5 Å². The summed E-state index contributed by atoms with van der Waals surface area (Å²) in [7, 11) is 0. The van der Waals surface area contributed by atoms with E-state index in [-0.39, 0.29) is 35.8 Å². The number of rotatable bonds is 8. The fourth-order valence-corrected chi connectivity index (χ4v) is 4.56. The third-order valence-corrected chi connectivity index (χ3v) is 6.13. The fourth-order valence-electron chi connectivity index (χ4n) is 4.56. The van der Waals surface area contributed by atoms with E-state index in [0.717, 1.165) is 12.2 Å². The molecule has 4 rings (SSSR count). The van der Waals surface area contributed by atoms with E-state index < -0.39 is 47.9 Å². The van der Waals surface area contributed by atoms with Gasteiger partial charge in [0.15, 0.2) is 0 Å². The molecule has 10 nitrogen and oxygen atoms in total. The van der Waals surface area contributed by atoms with Crippen LogP contribution in [-0.2, 0) is 19.1 Å². The van der Waals surface area contributed by atoms with Crippen LogP contribution < -0.4 is 9.47 Å². The topological polar surface area (TPSA) is 146 Å². The number of fused-ring (bicyclic) bond motifs is 1. The Balaban J connectivity index is 1.67. The summed E-state index contributed by atoms with van der Waals surface area (Å²) >= 11 is 0. The van der Waals surface area contributed by atoms with Crippen LogP contribution in [0.2, 0.25) is 0 Å². The predicted octanol–water partition coefficient (Wildman–Crippen LogP) is 2.93. The van der Waals surface area contributed by atoms with Gasteiger partial charge in [0.05, 0.1) is 36.5 Å². The van der Waals surface area contributed by atoms with Crippen LogP contribution in [0.5, 0.6) is 11.5 Å². The summed E-state index contributed by atoms with van der Waals surface area (Å²) in [5.41, 5.74) is 0.716. The number of ether oxygens (including phenoxy) is 4. The molecule has 186 valence electrons. The lowest BCUT2D eigenvalue weighted by molar-refractivity contribution is -0.129. The minimum atomic E-state index is -1.17. The van der Waals surface area contributed by atoms with E-state index in [1.54, 1.807) is 0 Å². The molecule has 2 aromatic carbocycles. The molecule has 10 heteroatoms. The number of esters is 2. The van der Waals surface area contributed by atoms with Crippen molar-refractivity contribution in [3.05, 3.63) is 84.0 Å².